The first-order valence-corrected chi connectivity index (χ1v) is 6.34. The average molecular weight is 253 g/mol. The highest BCUT2D eigenvalue weighted by atomic mass is 32.2. The van der Waals surface area contributed by atoms with Crippen LogP contribution in [0.3, 0.4) is 0 Å². The van der Waals surface area contributed by atoms with Crippen molar-refractivity contribution < 1.29 is 21.6 Å². The standard InChI is InChI=1S/C9H10F3NO2S/c1-16(14,15)4-9(13)5-2-7(11)8(12)3-6(5)10/h2-3,9H,4,13H2,1H3. The van der Waals surface area contributed by atoms with Crippen LogP contribution in [-0.2, 0) is 9.84 Å². The van der Waals surface area contributed by atoms with Gasteiger partial charge in [0.1, 0.15) is 15.7 Å². The lowest BCUT2D eigenvalue weighted by Gasteiger charge is -2.12. The van der Waals surface area contributed by atoms with Gasteiger partial charge in [-0.25, -0.2) is 21.6 Å². The molecule has 1 atom stereocenters. The van der Waals surface area contributed by atoms with Gasteiger partial charge in [-0.15, -0.1) is 0 Å². The van der Waals surface area contributed by atoms with Gasteiger partial charge in [0.25, 0.3) is 0 Å². The normalized spacial score (nSPS) is 13.8. The van der Waals surface area contributed by atoms with Crippen LogP contribution < -0.4 is 5.73 Å². The molecule has 16 heavy (non-hydrogen) atoms. The molecule has 90 valence electrons. The molecule has 1 unspecified atom stereocenters. The second-order valence-corrected chi connectivity index (χ2v) is 5.67. The number of sulfone groups is 1. The lowest BCUT2D eigenvalue weighted by molar-refractivity contribution is 0.486. The molecule has 0 aromatic heterocycles. The Balaban J connectivity index is 3.09. The molecule has 1 aromatic rings. The number of hydrogen-bond donors (Lipinski definition) is 1. The fraction of sp³-hybridized carbons (Fsp3) is 0.333. The van der Waals surface area contributed by atoms with E-state index in [1.807, 2.05) is 0 Å². The average Bonchev–Trinajstić information content (AvgIpc) is 2.08. The summed E-state index contributed by atoms with van der Waals surface area (Å²) in [6.07, 6.45) is 0.921. The maximum Gasteiger partial charge on any atom is 0.161 e. The molecule has 0 bridgehead atoms. The van der Waals surface area contributed by atoms with Gasteiger partial charge in [-0.2, -0.15) is 0 Å². The molecule has 0 radical (unpaired) electrons. The van der Waals surface area contributed by atoms with Crippen molar-refractivity contribution in [3.8, 4) is 0 Å². The molecule has 0 aliphatic heterocycles. The summed E-state index contributed by atoms with van der Waals surface area (Å²) in [6, 6.07) is -0.307. The fourth-order valence-electron chi connectivity index (χ4n) is 1.24. The molecular formula is C9H10F3NO2S. The Hall–Kier alpha value is -1.08. The van der Waals surface area contributed by atoms with Crippen LogP contribution in [0.25, 0.3) is 0 Å². The van der Waals surface area contributed by atoms with Crippen LogP contribution in [0.5, 0.6) is 0 Å². The van der Waals surface area contributed by atoms with Crippen LogP contribution in [0.2, 0.25) is 0 Å². The molecular weight excluding hydrogens is 243 g/mol. The summed E-state index contributed by atoms with van der Waals surface area (Å²) in [4.78, 5) is 0. The minimum absolute atomic E-state index is 0.340. The summed E-state index contributed by atoms with van der Waals surface area (Å²) in [5.74, 6) is -4.20. The van der Waals surface area contributed by atoms with E-state index >= 15 is 0 Å². The van der Waals surface area contributed by atoms with Gasteiger partial charge >= 0.3 is 0 Å². The van der Waals surface area contributed by atoms with E-state index in [-0.39, 0.29) is 5.56 Å². The van der Waals surface area contributed by atoms with Crippen LogP contribution in [-0.4, -0.2) is 20.4 Å². The van der Waals surface area contributed by atoms with Crippen molar-refractivity contribution >= 4 is 9.84 Å². The third-order valence-corrected chi connectivity index (χ3v) is 2.89. The van der Waals surface area contributed by atoms with Crippen LogP contribution in [0.1, 0.15) is 11.6 Å². The predicted octanol–water partition coefficient (Wildman–Crippen LogP) is 1.15. The van der Waals surface area contributed by atoms with Crippen molar-refractivity contribution in [1.29, 1.82) is 0 Å². The Morgan fingerprint density at radius 3 is 2.19 bits per heavy atom. The monoisotopic (exact) mass is 253 g/mol. The van der Waals surface area contributed by atoms with Gasteiger partial charge in [0.15, 0.2) is 11.6 Å². The molecule has 3 nitrogen and oxygen atoms in total. The third kappa shape index (κ3) is 3.21. The van der Waals surface area contributed by atoms with Crippen LogP contribution in [0, 0.1) is 17.5 Å². The molecule has 1 aromatic carbocycles. The SMILES string of the molecule is CS(=O)(=O)CC(N)c1cc(F)c(F)cc1F. The maximum absolute atomic E-state index is 13.2. The lowest BCUT2D eigenvalue weighted by Crippen LogP contribution is -2.22. The molecule has 0 fully saturated rings. The van der Waals surface area contributed by atoms with Gasteiger partial charge in [-0.1, -0.05) is 0 Å². The molecule has 0 amide bonds. The van der Waals surface area contributed by atoms with Crippen molar-refractivity contribution in [1.82, 2.24) is 0 Å². The Labute approximate surface area is 91.0 Å². The zero-order valence-electron chi connectivity index (χ0n) is 8.38. The maximum atomic E-state index is 13.2. The van der Waals surface area contributed by atoms with Crippen LogP contribution in [0.15, 0.2) is 12.1 Å². The topological polar surface area (TPSA) is 60.2 Å². The Bertz CT molecular complexity index is 502. The van der Waals surface area contributed by atoms with E-state index < -0.39 is 39.1 Å². The van der Waals surface area contributed by atoms with E-state index in [0.29, 0.717) is 12.1 Å². The van der Waals surface area contributed by atoms with Gasteiger partial charge in [0.2, 0.25) is 0 Å². The molecule has 0 spiro atoms. The molecule has 0 aliphatic rings. The quantitative estimate of drug-likeness (QED) is 0.822. The summed E-state index contributed by atoms with van der Waals surface area (Å²) in [6.45, 7) is 0. The van der Waals surface area contributed by atoms with E-state index in [4.69, 9.17) is 5.73 Å². The molecule has 0 saturated heterocycles. The second-order valence-electron chi connectivity index (χ2n) is 3.49. The number of nitrogens with two attached hydrogens (primary N) is 1. The number of benzene rings is 1. The molecule has 0 heterocycles. The highest BCUT2D eigenvalue weighted by Gasteiger charge is 2.19. The number of halogens is 3. The third-order valence-electron chi connectivity index (χ3n) is 1.92. The van der Waals surface area contributed by atoms with Crippen molar-refractivity contribution in [2.45, 2.75) is 6.04 Å². The first kappa shape index (κ1) is 13.0. The Morgan fingerprint density at radius 2 is 1.69 bits per heavy atom. The predicted molar refractivity (Wildman–Crippen MR) is 53.0 cm³/mol. The molecule has 7 heteroatoms. The number of hydrogen-bond acceptors (Lipinski definition) is 3. The van der Waals surface area contributed by atoms with E-state index in [1.165, 1.54) is 0 Å². The summed E-state index contributed by atoms with van der Waals surface area (Å²) < 4.78 is 60.4. The van der Waals surface area contributed by atoms with Crippen molar-refractivity contribution in [3.05, 3.63) is 35.1 Å². The van der Waals surface area contributed by atoms with E-state index in [1.54, 1.807) is 0 Å². The first-order chi connectivity index (χ1) is 7.20. The zero-order valence-corrected chi connectivity index (χ0v) is 9.19. The summed E-state index contributed by atoms with van der Waals surface area (Å²) >= 11 is 0. The fourth-order valence-corrected chi connectivity index (χ4v) is 2.07. The van der Waals surface area contributed by atoms with Gasteiger partial charge < -0.3 is 5.73 Å². The first-order valence-electron chi connectivity index (χ1n) is 4.28. The van der Waals surface area contributed by atoms with E-state index in [2.05, 4.69) is 0 Å². The molecule has 0 aliphatic carbocycles. The largest absolute Gasteiger partial charge is 0.323 e. The molecule has 2 N–H and O–H groups in total. The lowest BCUT2D eigenvalue weighted by atomic mass is 10.1. The minimum atomic E-state index is -3.42. The smallest absolute Gasteiger partial charge is 0.161 e. The Morgan fingerprint density at radius 1 is 1.19 bits per heavy atom. The van der Waals surface area contributed by atoms with Crippen molar-refractivity contribution in [3.63, 3.8) is 0 Å². The van der Waals surface area contributed by atoms with Crippen LogP contribution in [0.4, 0.5) is 13.2 Å². The summed E-state index contributed by atoms with van der Waals surface area (Å²) in [5, 5.41) is 0. The Kier molecular flexibility index (Phi) is 3.59. The van der Waals surface area contributed by atoms with Crippen molar-refractivity contribution in [2.24, 2.45) is 5.73 Å². The van der Waals surface area contributed by atoms with Gasteiger partial charge in [-0.3, -0.25) is 0 Å². The number of rotatable bonds is 3. The summed E-state index contributed by atoms with van der Waals surface area (Å²) in [7, 11) is -3.42. The van der Waals surface area contributed by atoms with Gasteiger partial charge in [0, 0.05) is 23.9 Å². The van der Waals surface area contributed by atoms with E-state index in [9.17, 15) is 21.6 Å². The minimum Gasteiger partial charge on any atom is -0.323 e. The zero-order chi connectivity index (χ0) is 12.5. The van der Waals surface area contributed by atoms with Gasteiger partial charge in [-0.05, 0) is 6.07 Å². The van der Waals surface area contributed by atoms with Crippen LogP contribution >= 0.6 is 0 Å². The highest BCUT2D eigenvalue weighted by Crippen LogP contribution is 2.19. The van der Waals surface area contributed by atoms with E-state index in [0.717, 1.165) is 6.26 Å². The summed E-state index contributed by atoms with van der Waals surface area (Å²) in [5.41, 5.74) is 5.04. The second kappa shape index (κ2) is 4.42. The molecule has 1 rings (SSSR count). The van der Waals surface area contributed by atoms with Crippen molar-refractivity contribution in [2.75, 3.05) is 12.0 Å². The highest BCUT2D eigenvalue weighted by molar-refractivity contribution is 7.90. The van der Waals surface area contributed by atoms with Gasteiger partial charge in [0.05, 0.1) is 5.75 Å². The molecule has 0 saturated carbocycles.